The first-order valence-corrected chi connectivity index (χ1v) is 7.58. The number of carbonyl (C=O) groups is 1. The molecule has 2 aromatic rings. The third-order valence-corrected chi connectivity index (χ3v) is 4.60. The highest BCUT2D eigenvalue weighted by atomic mass is 35.5. The number of hydrogen-bond donors (Lipinski definition) is 2. The van der Waals surface area contributed by atoms with Crippen molar-refractivity contribution in [2.75, 3.05) is 5.73 Å². The molecule has 3 N–H and O–H groups in total. The normalized spacial score (nSPS) is 13.8. The monoisotopic (exact) mass is 308 g/mol. The molecular formula is C15H17ClN2OS. The van der Waals surface area contributed by atoms with Crippen LogP contribution < -0.4 is 11.1 Å². The van der Waals surface area contributed by atoms with Crippen molar-refractivity contribution in [2.45, 2.75) is 25.8 Å². The molecular weight excluding hydrogens is 292 g/mol. The number of nitrogens with two attached hydrogens (primary N) is 1. The molecule has 0 aliphatic carbocycles. The Balaban J connectivity index is 2.04. The van der Waals surface area contributed by atoms with Crippen molar-refractivity contribution in [3.05, 3.63) is 51.2 Å². The van der Waals surface area contributed by atoms with Gasteiger partial charge in [-0.25, -0.2) is 0 Å². The molecule has 0 aliphatic heterocycles. The lowest BCUT2D eigenvalue weighted by molar-refractivity contribution is -0.122. The largest absolute Gasteiger partial charge is 0.399 e. The Hall–Kier alpha value is -1.52. The highest BCUT2D eigenvalue weighted by Crippen LogP contribution is 2.27. The topological polar surface area (TPSA) is 55.1 Å². The standard InChI is InChI=1S/C15H17ClN2OS/c1-9(11-4-3-5-12(17)8-11)15(19)18-10(2)13-6-7-14(16)20-13/h3-10H,17H2,1-2H3,(H,18,19). The Morgan fingerprint density at radius 3 is 2.65 bits per heavy atom. The molecule has 5 heteroatoms. The molecule has 2 atom stereocenters. The number of nitrogens with one attached hydrogen (secondary N) is 1. The van der Waals surface area contributed by atoms with E-state index in [1.165, 1.54) is 11.3 Å². The molecule has 0 radical (unpaired) electrons. The van der Waals surface area contributed by atoms with Crippen molar-refractivity contribution in [3.63, 3.8) is 0 Å². The van der Waals surface area contributed by atoms with Crippen LogP contribution >= 0.6 is 22.9 Å². The number of nitrogen functional groups attached to an aromatic ring is 1. The van der Waals surface area contributed by atoms with E-state index in [9.17, 15) is 4.79 Å². The fraction of sp³-hybridized carbons (Fsp3) is 0.267. The highest BCUT2D eigenvalue weighted by molar-refractivity contribution is 7.16. The highest BCUT2D eigenvalue weighted by Gasteiger charge is 2.18. The smallest absolute Gasteiger partial charge is 0.227 e. The van der Waals surface area contributed by atoms with E-state index in [0.29, 0.717) is 5.69 Å². The van der Waals surface area contributed by atoms with E-state index in [1.807, 2.05) is 50.2 Å². The second-order valence-electron chi connectivity index (χ2n) is 4.76. The number of amides is 1. The minimum atomic E-state index is -0.239. The van der Waals surface area contributed by atoms with Crippen LogP contribution in [0.2, 0.25) is 4.34 Å². The fourth-order valence-corrected chi connectivity index (χ4v) is 3.01. The van der Waals surface area contributed by atoms with E-state index in [2.05, 4.69) is 5.32 Å². The Kier molecular flexibility index (Phi) is 4.68. The number of halogens is 1. The first-order chi connectivity index (χ1) is 9.47. The third kappa shape index (κ3) is 3.52. The maximum absolute atomic E-state index is 12.3. The molecule has 1 aromatic heterocycles. The summed E-state index contributed by atoms with van der Waals surface area (Å²) >= 11 is 7.39. The lowest BCUT2D eigenvalue weighted by atomic mass is 9.99. The van der Waals surface area contributed by atoms with Gasteiger partial charge in [-0.15, -0.1) is 11.3 Å². The van der Waals surface area contributed by atoms with Gasteiger partial charge in [0.05, 0.1) is 16.3 Å². The van der Waals surface area contributed by atoms with E-state index >= 15 is 0 Å². The Morgan fingerprint density at radius 1 is 1.30 bits per heavy atom. The number of rotatable bonds is 4. The van der Waals surface area contributed by atoms with E-state index in [-0.39, 0.29) is 17.9 Å². The van der Waals surface area contributed by atoms with Gasteiger partial charge in [0.1, 0.15) is 0 Å². The molecule has 106 valence electrons. The molecule has 2 rings (SSSR count). The first kappa shape index (κ1) is 14.9. The van der Waals surface area contributed by atoms with Crippen molar-refractivity contribution >= 4 is 34.5 Å². The summed E-state index contributed by atoms with van der Waals surface area (Å²) in [6, 6.07) is 11.1. The molecule has 3 nitrogen and oxygen atoms in total. The molecule has 0 fully saturated rings. The van der Waals surface area contributed by atoms with Crippen LogP contribution in [0.1, 0.15) is 36.2 Å². The van der Waals surface area contributed by atoms with Gasteiger partial charge >= 0.3 is 0 Å². The van der Waals surface area contributed by atoms with Gasteiger partial charge in [-0.05, 0) is 43.7 Å². The lowest BCUT2D eigenvalue weighted by Crippen LogP contribution is -2.30. The molecule has 0 saturated carbocycles. The quantitative estimate of drug-likeness (QED) is 0.840. The first-order valence-electron chi connectivity index (χ1n) is 6.38. The predicted molar refractivity (Wildman–Crippen MR) is 85.2 cm³/mol. The summed E-state index contributed by atoms with van der Waals surface area (Å²) in [4.78, 5) is 13.3. The minimum absolute atomic E-state index is 0.0207. The fourth-order valence-electron chi connectivity index (χ4n) is 1.95. The molecule has 1 amide bonds. The van der Waals surface area contributed by atoms with Crippen molar-refractivity contribution in [3.8, 4) is 0 Å². The number of hydrogen-bond acceptors (Lipinski definition) is 3. The Morgan fingerprint density at radius 2 is 2.05 bits per heavy atom. The molecule has 0 saturated heterocycles. The van der Waals surface area contributed by atoms with Gasteiger partial charge in [-0.2, -0.15) is 0 Å². The zero-order valence-corrected chi connectivity index (χ0v) is 13.0. The molecule has 2 unspecified atom stereocenters. The summed E-state index contributed by atoms with van der Waals surface area (Å²) < 4.78 is 0.727. The van der Waals surface area contributed by atoms with Gasteiger partial charge in [0.2, 0.25) is 5.91 Å². The summed E-state index contributed by atoms with van der Waals surface area (Å²) in [6.07, 6.45) is 0. The Labute approximate surface area is 127 Å². The van der Waals surface area contributed by atoms with Gasteiger partial charge in [-0.3, -0.25) is 4.79 Å². The summed E-state index contributed by atoms with van der Waals surface area (Å²) in [5.74, 6) is -0.260. The Bertz CT molecular complexity index is 611. The summed E-state index contributed by atoms with van der Waals surface area (Å²) in [7, 11) is 0. The SMILES string of the molecule is CC(NC(=O)C(C)c1cccc(N)c1)c1ccc(Cl)s1. The number of carbonyl (C=O) groups excluding carboxylic acids is 1. The van der Waals surface area contributed by atoms with Gasteiger partial charge in [0.15, 0.2) is 0 Å². The van der Waals surface area contributed by atoms with Gasteiger partial charge in [0.25, 0.3) is 0 Å². The van der Waals surface area contributed by atoms with Crippen LogP contribution in [0.25, 0.3) is 0 Å². The molecule has 20 heavy (non-hydrogen) atoms. The lowest BCUT2D eigenvalue weighted by Gasteiger charge is -2.17. The second kappa shape index (κ2) is 6.29. The van der Waals surface area contributed by atoms with Gasteiger partial charge < -0.3 is 11.1 Å². The molecule has 1 aromatic carbocycles. The maximum atomic E-state index is 12.3. The van der Waals surface area contributed by atoms with Gasteiger partial charge in [0, 0.05) is 10.6 Å². The van der Waals surface area contributed by atoms with Crippen molar-refractivity contribution in [1.82, 2.24) is 5.32 Å². The predicted octanol–water partition coefficient (Wildman–Crippen LogP) is 3.96. The van der Waals surface area contributed by atoms with Crippen LogP contribution in [-0.2, 0) is 4.79 Å². The zero-order valence-electron chi connectivity index (χ0n) is 11.4. The molecule has 0 aliphatic rings. The van der Waals surface area contributed by atoms with Crippen LogP contribution in [-0.4, -0.2) is 5.91 Å². The van der Waals surface area contributed by atoms with E-state index in [4.69, 9.17) is 17.3 Å². The van der Waals surface area contributed by atoms with Crippen LogP contribution in [0, 0.1) is 0 Å². The van der Waals surface area contributed by atoms with Crippen LogP contribution in [0.3, 0.4) is 0 Å². The number of benzene rings is 1. The third-order valence-electron chi connectivity index (χ3n) is 3.18. The summed E-state index contributed by atoms with van der Waals surface area (Å²) in [5.41, 5.74) is 7.33. The van der Waals surface area contributed by atoms with E-state index in [0.717, 1.165) is 14.8 Å². The van der Waals surface area contributed by atoms with Crippen LogP contribution in [0.4, 0.5) is 5.69 Å². The van der Waals surface area contributed by atoms with Crippen LogP contribution in [0.15, 0.2) is 36.4 Å². The summed E-state index contributed by atoms with van der Waals surface area (Å²) in [5, 5.41) is 3.00. The molecule has 0 bridgehead atoms. The molecule has 0 spiro atoms. The zero-order chi connectivity index (χ0) is 14.7. The minimum Gasteiger partial charge on any atom is -0.399 e. The average molecular weight is 309 g/mol. The maximum Gasteiger partial charge on any atom is 0.227 e. The van der Waals surface area contributed by atoms with E-state index < -0.39 is 0 Å². The van der Waals surface area contributed by atoms with Gasteiger partial charge in [-0.1, -0.05) is 23.7 Å². The molecule has 1 heterocycles. The number of thiophene rings is 1. The van der Waals surface area contributed by atoms with Crippen molar-refractivity contribution in [2.24, 2.45) is 0 Å². The van der Waals surface area contributed by atoms with Crippen molar-refractivity contribution in [1.29, 1.82) is 0 Å². The van der Waals surface area contributed by atoms with Crippen molar-refractivity contribution < 1.29 is 4.79 Å². The number of anilines is 1. The average Bonchev–Trinajstić information content (AvgIpc) is 2.84. The van der Waals surface area contributed by atoms with Crippen LogP contribution in [0.5, 0.6) is 0 Å². The summed E-state index contributed by atoms with van der Waals surface area (Å²) in [6.45, 7) is 3.82. The second-order valence-corrected chi connectivity index (χ2v) is 6.51. The van der Waals surface area contributed by atoms with E-state index in [1.54, 1.807) is 0 Å².